The molecule has 1 aromatic carbocycles. The van der Waals surface area contributed by atoms with Crippen LogP contribution in [0.15, 0.2) is 29.3 Å². The van der Waals surface area contributed by atoms with Crippen molar-refractivity contribution in [2.45, 2.75) is 45.3 Å². The molecule has 3 N–H and O–H groups in total. The molecule has 1 heterocycles. The zero-order valence-corrected chi connectivity index (χ0v) is 18.2. The second-order valence-electron chi connectivity index (χ2n) is 6.84. The van der Waals surface area contributed by atoms with Crippen LogP contribution in [0.3, 0.4) is 0 Å². The van der Waals surface area contributed by atoms with Gasteiger partial charge in [-0.05, 0) is 50.8 Å². The molecule has 0 radical (unpaired) electrons. The molecular formula is C19H31ClN4O3S. The van der Waals surface area contributed by atoms with Gasteiger partial charge in [0.05, 0.1) is 24.4 Å². The number of benzene rings is 1. The van der Waals surface area contributed by atoms with Gasteiger partial charge in [-0.15, -0.1) is 0 Å². The van der Waals surface area contributed by atoms with Crippen LogP contribution in [0.2, 0.25) is 5.02 Å². The van der Waals surface area contributed by atoms with Gasteiger partial charge in [-0.3, -0.25) is 4.99 Å². The zero-order chi connectivity index (χ0) is 20.4. The molecule has 2 unspecified atom stereocenters. The first-order valence-corrected chi connectivity index (χ1v) is 11.8. The van der Waals surface area contributed by atoms with Crippen LogP contribution in [0.4, 0.5) is 0 Å². The summed E-state index contributed by atoms with van der Waals surface area (Å²) in [5.41, 5.74) is 1.03. The summed E-state index contributed by atoms with van der Waals surface area (Å²) in [4.78, 5) is 4.39. The van der Waals surface area contributed by atoms with Gasteiger partial charge in [-0.25, -0.2) is 13.1 Å². The molecule has 1 aliphatic heterocycles. The summed E-state index contributed by atoms with van der Waals surface area (Å²) >= 11 is 6.05. The third kappa shape index (κ3) is 8.34. The van der Waals surface area contributed by atoms with Gasteiger partial charge in [0.2, 0.25) is 10.0 Å². The number of halogens is 1. The Bertz CT molecular complexity index is 736. The summed E-state index contributed by atoms with van der Waals surface area (Å²) in [6.45, 7) is 5.84. The highest BCUT2D eigenvalue weighted by Gasteiger charge is 2.17. The fourth-order valence-corrected chi connectivity index (χ4v) is 4.04. The molecule has 1 aromatic rings. The standard InChI is InChI=1S/C19H31ClN4O3S/c1-3-21-19(24-15(2)16-7-6-8-17(20)13-16)22-10-12-28(25,26)23-14-18-9-4-5-11-27-18/h6-8,13,15,18,23H,3-5,9-12,14H2,1-2H3,(H2,21,22,24). The smallest absolute Gasteiger partial charge is 0.213 e. The van der Waals surface area contributed by atoms with E-state index in [-0.39, 0.29) is 24.4 Å². The van der Waals surface area contributed by atoms with Gasteiger partial charge < -0.3 is 15.4 Å². The summed E-state index contributed by atoms with van der Waals surface area (Å²) in [7, 11) is -3.39. The molecule has 28 heavy (non-hydrogen) atoms. The van der Waals surface area contributed by atoms with E-state index in [1.807, 2.05) is 38.1 Å². The Labute approximate surface area is 173 Å². The van der Waals surface area contributed by atoms with Crippen molar-refractivity contribution >= 4 is 27.6 Å². The zero-order valence-electron chi connectivity index (χ0n) is 16.6. The summed E-state index contributed by atoms with van der Waals surface area (Å²) in [5, 5.41) is 7.09. The van der Waals surface area contributed by atoms with Crippen LogP contribution in [0.1, 0.15) is 44.7 Å². The number of nitrogens with zero attached hydrogens (tertiary/aromatic N) is 1. The predicted octanol–water partition coefficient (Wildman–Crippen LogP) is 2.44. The molecular weight excluding hydrogens is 400 g/mol. The lowest BCUT2D eigenvalue weighted by molar-refractivity contribution is 0.0200. The van der Waals surface area contributed by atoms with Gasteiger partial charge in [-0.1, -0.05) is 23.7 Å². The Morgan fingerprint density at radius 3 is 2.89 bits per heavy atom. The topological polar surface area (TPSA) is 91.8 Å². The molecule has 0 saturated carbocycles. The average Bonchev–Trinajstić information content (AvgIpc) is 2.67. The summed E-state index contributed by atoms with van der Waals surface area (Å²) in [5.74, 6) is 0.503. The third-order valence-corrected chi connectivity index (χ3v) is 6.04. The first kappa shape index (κ1) is 22.9. The fraction of sp³-hybridized carbons (Fsp3) is 0.632. The molecule has 0 amide bonds. The maximum atomic E-state index is 12.2. The van der Waals surface area contributed by atoms with Crippen LogP contribution in [0.25, 0.3) is 0 Å². The van der Waals surface area contributed by atoms with E-state index in [9.17, 15) is 8.42 Å². The lowest BCUT2D eigenvalue weighted by Crippen LogP contribution is -2.40. The maximum absolute atomic E-state index is 12.2. The number of ether oxygens (including phenoxy) is 1. The van der Waals surface area contributed by atoms with Crippen molar-refractivity contribution in [3.63, 3.8) is 0 Å². The Kier molecular flexibility index (Phi) is 9.50. The van der Waals surface area contributed by atoms with E-state index >= 15 is 0 Å². The number of hydrogen-bond donors (Lipinski definition) is 3. The van der Waals surface area contributed by atoms with Crippen molar-refractivity contribution < 1.29 is 13.2 Å². The third-order valence-electron chi connectivity index (χ3n) is 4.48. The molecule has 0 bridgehead atoms. The highest BCUT2D eigenvalue weighted by atomic mass is 35.5. The number of hydrogen-bond acceptors (Lipinski definition) is 4. The number of rotatable bonds is 9. The minimum absolute atomic E-state index is 0.0188. The van der Waals surface area contributed by atoms with Crippen molar-refractivity contribution in [1.29, 1.82) is 0 Å². The molecule has 0 spiro atoms. The van der Waals surface area contributed by atoms with Gasteiger partial charge in [0.15, 0.2) is 5.96 Å². The predicted molar refractivity (Wildman–Crippen MR) is 114 cm³/mol. The SMILES string of the molecule is CCNC(=NCCS(=O)(=O)NCC1CCCCO1)NC(C)c1cccc(Cl)c1. The molecule has 7 nitrogen and oxygen atoms in total. The lowest BCUT2D eigenvalue weighted by atomic mass is 10.1. The second kappa shape index (κ2) is 11.6. The fourth-order valence-electron chi connectivity index (χ4n) is 2.92. The quantitative estimate of drug-likeness (QED) is 0.413. The highest BCUT2D eigenvalue weighted by Crippen LogP contribution is 2.17. The Hall–Kier alpha value is -1.35. The normalized spacial score (nSPS) is 19.2. The average molecular weight is 431 g/mol. The summed E-state index contributed by atoms with van der Waals surface area (Å²) < 4.78 is 32.6. The largest absolute Gasteiger partial charge is 0.377 e. The Balaban J connectivity index is 1.85. The molecule has 2 rings (SSSR count). The van der Waals surface area contributed by atoms with E-state index in [2.05, 4.69) is 20.3 Å². The number of guanidine groups is 1. The molecule has 9 heteroatoms. The van der Waals surface area contributed by atoms with Crippen molar-refractivity contribution in [3.8, 4) is 0 Å². The summed E-state index contributed by atoms with van der Waals surface area (Å²) in [6, 6.07) is 7.58. The molecule has 1 fully saturated rings. The number of nitrogens with one attached hydrogen (secondary N) is 3. The van der Waals surface area contributed by atoms with E-state index in [0.717, 1.165) is 24.8 Å². The van der Waals surface area contributed by atoms with Crippen LogP contribution < -0.4 is 15.4 Å². The van der Waals surface area contributed by atoms with Crippen LogP contribution in [-0.2, 0) is 14.8 Å². The van der Waals surface area contributed by atoms with Gasteiger partial charge in [0, 0.05) is 24.7 Å². The molecule has 1 aliphatic rings. The first-order chi connectivity index (χ1) is 13.4. The minimum Gasteiger partial charge on any atom is -0.377 e. The van der Waals surface area contributed by atoms with E-state index in [1.165, 1.54) is 0 Å². The lowest BCUT2D eigenvalue weighted by Gasteiger charge is -2.22. The highest BCUT2D eigenvalue weighted by molar-refractivity contribution is 7.89. The molecule has 158 valence electrons. The minimum atomic E-state index is -3.39. The Morgan fingerprint density at radius 2 is 2.21 bits per heavy atom. The van der Waals surface area contributed by atoms with Crippen molar-refractivity contribution in [2.75, 3.05) is 32.0 Å². The second-order valence-corrected chi connectivity index (χ2v) is 9.20. The number of sulfonamides is 1. The first-order valence-electron chi connectivity index (χ1n) is 9.79. The number of aliphatic imine (C=N–C) groups is 1. The van der Waals surface area contributed by atoms with Gasteiger partial charge in [-0.2, -0.15) is 0 Å². The van der Waals surface area contributed by atoms with E-state index < -0.39 is 10.0 Å². The van der Waals surface area contributed by atoms with Gasteiger partial charge in [0.25, 0.3) is 0 Å². The van der Waals surface area contributed by atoms with Crippen molar-refractivity contribution in [3.05, 3.63) is 34.9 Å². The van der Waals surface area contributed by atoms with E-state index in [4.69, 9.17) is 16.3 Å². The van der Waals surface area contributed by atoms with Crippen molar-refractivity contribution in [1.82, 2.24) is 15.4 Å². The van der Waals surface area contributed by atoms with Gasteiger partial charge >= 0.3 is 0 Å². The molecule has 0 aliphatic carbocycles. The van der Waals surface area contributed by atoms with E-state index in [1.54, 1.807) is 0 Å². The monoisotopic (exact) mass is 430 g/mol. The Morgan fingerprint density at radius 1 is 1.39 bits per heavy atom. The van der Waals surface area contributed by atoms with Gasteiger partial charge in [0.1, 0.15) is 0 Å². The summed E-state index contributed by atoms with van der Waals surface area (Å²) in [6.07, 6.45) is 3.01. The van der Waals surface area contributed by atoms with Crippen LogP contribution >= 0.6 is 11.6 Å². The molecule has 1 saturated heterocycles. The molecule has 2 atom stereocenters. The van der Waals surface area contributed by atoms with E-state index in [0.29, 0.717) is 30.7 Å². The molecule has 0 aromatic heterocycles. The maximum Gasteiger partial charge on any atom is 0.213 e. The van der Waals surface area contributed by atoms with Crippen LogP contribution in [0, 0.1) is 0 Å². The van der Waals surface area contributed by atoms with Crippen molar-refractivity contribution in [2.24, 2.45) is 4.99 Å². The van der Waals surface area contributed by atoms with Crippen LogP contribution in [-0.4, -0.2) is 52.5 Å². The van der Waals surface area contributed by atoms with Crippen LogP contribution in [0.5, 0.6) is 0 Å².